The van der Waals surface area contributed by atoms with E-state index in [4.69, 9.17) is 4.74 Å². The van der Waals surface area contributed by atoms with Crippen LogP contribution in [-0.2, 0) is 24.3 Å². The minimum atomic E-state index is 0.0174. The maximum Gasteiger partial charge on any atom is 0.226 e. The summed E-state index contributed by atoms with van der Waals surface area (Å²) >= 11 is 0. The Morgan fingerprint density at radius 2 is 1.83 bits per heavy atom. The molecule has 4 aromatic rings. The number of hydrogen-bond acceptors (Lipinski definition) is 4. The number of ether oxygens (including phenoxy) is 1. The van der Waals surface area contributed by atoms with Crippen molar-refractivity contribution in [2.24, 2.45) is 5.92 Å². The van der Waals surface area contributed by atoms with E-state index in [0.717, 1.165) is 36.5 Å². The van der Waals surface area contributed by atoms with E-state index in [0.29, 0.717) is 18.9 Å². The highest BCUT2D eigenvalue weighted by molar-refractivity contribution is 5.85. The van der Waals surface area contributed by atoms with Crippen molar-refractivity contribution in [2.45, 2.75) is 45.8 Å². The van der Waals surface area contributed by atoms with Gasteiger partial charge in [-0.15, -0.1) is 0 Å². The molecular weight excluding hydrogens is 448 g/mol. The summed E-state index contributed by atoms with van der Waals surface area (Å²) in [5.41, 5.74) is 3.30. The van der Waals surface area contributed by atoms with Crippen LogP contribution in [0.5, 0.6) is 5.75 Å². The number of nitrogens with zero attached hydrogens (tertiary/aromatic N) is 2. The fourth-order valence-electron chi connectivity index (χ4n) is 4.48. The Morgan fingerprint density at radius 3 is 2.61 bits per heavy atom. The molecule has 1 heterocycles. The molecule has 0 unspecified atom stereocenters. The van der Waals surface area contributed by atoms with E-state index in [9.17, 15) is 4.79 Å². The Hall–Kier alpha value is -3.64. The van der Waals surface area contributed by atoms with Crippen molar-refractivity contribution < 1.29 is 9.53 Å². The predicted molar refractivity (Wildman–Crippen MR) is 145 cm³/mol. The van der Waals surface area contributed by atoms with Crippen LogP contribution in [0.25, 0.3) is 10.8 Å². The summed E-state index contributed by atoms with van der Waals surface area (Å²) < 4.78 is 7.27. The summed E-state index contributed by atoms with van der Waals surface area (Å²) in [6.07, 6.45) is 4.85. The third-order valence-electron chi connectivity index (χ3n) is 6.89. The molecule has 188 valence electrons. The number of imidazole rings is 1. The number of carbonyl (C=O) groups is 1. The Bertz CT molecular complexity index is 1260. The highest BCUT2D eigenvalue weighted by atomic mass is 16.5. The molecule has 36 heavy (non-hydrogen) atoms. The zero-order valence-corrected chi connectivity index (χ0v) is 21.4. The van der Waals surface area contributed by atoms with Crippen molar-refractivity contribution in [3.8, 4) is 5.75 Å². The van der Waals surface area contributed by atoms with Gasteiger partial charge in [0.25, 0.3) is 0 Å². The topological polar surface area (TPSA) is 68.2 Å². The van der Waals surface area contributed by atoms with Crippen LogP contribution >= 0.6 is 0 Å². The average molecular weight is 485 g/mol. The fraction of sp³-hybridized carbons (Fsp3) is 0.333. The zero-order valence-electron chi connectivity index (χ0n) is 21.4. The minimum Gasteiger partial charge on any atom is -0.497 e. The second-order valence-electron chi connectivity index (χ2n) is 9.37. The molecule has 0 bridgehead atoms. The summed E-state index contributed by atoms with van der Waals surface area (Å²) in [4.78, 5) is 17.3. The van der Waals surface area contributed by atoms with Gasteiger partial charge in [0.2, 0.25) is 5.91 Å². The first kappa shape index (κ1) is 25.5. The molecule has 0 saturated carbocycles. The third kappa shape index (κ3) is 6.52. The Morgan fingerprint density at radius 1 is 1.06 bits per heavy atom. The number of amides is 1. The highest BCUT2D eigenvalue weighted by Crippen LogP contribution is 2.18. The molecule has 0 radical (unpaired) electrons. The molecule has 2 N–H and O–H groups in total. The van der Waals surface area contributed by atoms with Gasteiger partial charge in [-0.1, -0.05) is 74.9 Å². The third-order valence-corrected chi connectivity index (χ3v) is 6.89. The van der Waals surface area contributed by atoms with E-state index >= 15 is 0 Å². The molecular formula is C30H36N4O2. The second-order valence-corrected chi connectivity index (χ2v) is 9.37. The summed E-state index contributed by atoms with van der Waals surface area (Å²) in [7, 11) is 1.66. The van der Waals surface area contributed by atoms with Gasteiger partial charge in [0.15, 0.2) is 0 Å². The lowest BCUT2D eigenvalue weighted by molar-refractivity contribution is -0.121. The molecule has 0 aliphatic rings. The first-order valence-corrected chi connectivity index (χ1v) is 12.7. The number of hydrogen-bond donors (Lipinski definition) is 2. The Labute approximate surface area is 213 Å². The van der Waals surface area contributed by atoms with Crippen LogP contribution in [0.2, 0.25) is 0 Å². The molecule has 0 aliphatic heterocycles. The van der Waals surface area contributed by atoms with E-state index < -0.39 is 0 Å². The largest absolute Gasteiger partial charge is 0.497 e. The fourth-order valence-corrected chi connectivity index (χ4v) is 4.48. The number of fused-ring (bicyclic) bond motifs is 1. The molecule has 0 saturated heterocycles. The van der Waals surface area contributed by atoms with Gasteiger partial charge in [0.1, 0.15) is 5.75 Å². The van der Waals surface area contributed by atoms with Gasteiger partial charge in [-0.2, -0.15) is 0 Å². The van der Waals surface area contributed by atoms with Crippen LogP contribution in [0, 0.1) is 5.92 Å². The van der Waals surface area contributed by atoms with E-state index in [-0.39, 0.29) is 11.9 Å². The highest BCUT2D eigenvalue weighted by Gasteiger charge is 2.19. The van der Waals surface area contributed by atoms with Gasteiger partial charge in [-0.05, 0) is 39.9 Å². The number of rotatable bonds is 12. The van der Waals surface area contributed by atoms with Crippen LogP contribution in [-0.4, -0.2) is 35.2 Å². The van der Waals surface area contributed by atoms with Crippen LogP contribution in [0.3, 0.4) is 0 Å². The van der Waals surface area contributed by atoms with Crippen molar-refractivity contribution in [3.05, 3.63) is 96.1 Å². The number of methoxy groups -OCH3 is 1. The lowest BCUT2D eigenvalue weighted by atomic mass is 9.98. The zero-order chi connectivity index (χ0) is 25.3. The van der Waals surface area contributed by atoms with Crippen molar-refractivity contribution >= 4 is 16.7 Å². The first-order valence-electron chi connectivity index (χ1n) is 12.7. The molecule has 0 fully saturated rings. The number of nitrogens with one attached hydrogen (secondary N) is 2. The number of aromatic nitrogens is 2. The predicted octanol–water partition coefficient (Wildman–Crippen LogP) is 4.96. The standard InChI is InChI=1S/C30H36N4O2/c1-4-22(2)29(19-31-17-25-10-7-9-24-8-5-6-11-28(24)25)33-30(35)16-26-18-32-21-34(26)20-23-12-14-27(36-3)15-13-23/h5-15,18,21-22,29,31H,4,16-17,19-20H2,1-3H3,(H,33,35)/t22-,29+/m0/s1. The van der Waals surface area contributed by atoms with E-state index in [1.54, 1.807) is 19.6 Å². The Balaban J connectivity index is 1.35. The number of carbonyl (C=O) groups excluding carboxylic acids is 1. The van der Waals surface area contributed by atoms with Crippen LogP contribution in [0.1, 0.15) is 37.1 Å². The van der Waals surface area contributed by atoms with Gasteiger partial charge in [-0.3, -0.25) is 4.79 Å². The van der Waals surface area contributed by atoms with Gasteiger partial charge in [0, 0.05) is 37.6 Å². The maximum atomic E-state index is 13.0. The monoisotopic (exact) mass is 484 g/mol. The van der Waals surface area contributed by atoms with Gasteiger partial charge in [0.05, 0.1) is 19.9 Å². The lowest BCUT2D eigenvalue weighted by Crippen LogP contribution is -2.46. The Kier molecular flexibility index (Phi) is 8.74. The molecule has 0 spiro atoms. The quantitative estimate of drug-likeness (QED) is 0.298. The van der Waals surface area contributed by atoms with Crippen LogP contribution in [0.15, 0.2) is 79.3 Å². The molecule has 6 heteroatoms. The van der Waals surface area contributed by atoms with Crippen molar-refractivity contribution in [3.63, 3.8) is 0 Å². The van der Waals surface area contributed by atoms with Crippen molar-refractivity contribution in [1.29, 1.82) is 0 Å². The molecule has 1 aromatic heterocycles. The maximum absolute atomic E-state index is 13.0. The average Bonchev–Trinajstić information content (AvgIpc) is 3.34. The minimum absolute atomic E-state index is 0.0174. The van der Waals surface area contributed by atoms with Crippen molar-refractivity contribution in [1.82, 2.24) is 20.2 Å². The normalized spacial score (nSPS) is 12.9. The van der Waals surface area contributed by atoms with E-state index in [2.05, 4.69) is 71.9 Å². The second kappa shape index (κ2) is 12.4. The van der Waals surface area contributed by atoms with E-state index in [1.165, 1.54) is 16.3 Å². The molecule has 6 nitrogen and oxygen atoms in total. The summed E-state index contributed by atoms with van der Waals surface area (Å²) in [6.45, 7) is 6.50. The molecule has 3 aromatic carbocycles. The van der Waals surface area contributed by atoms with Gasteiger partial charge >= 0.3 is 0 Å². The number of benzene rings is 3. The SMILES string of the molecule is CC[C@H](C)[C@@H](CNCc1cccc2ccccc12)NC(=O)Cc1cncn1Cc1ccc(OC)cc1. The van der Waals surface area contributed by atoms with Crippen LogP contribution in [0.4, 0.5) is 0 Å². The molecule has 2 atom stereocenters. The summed E-state index contributed by atoms with van der Waals surface area (Å²) in [5.74, 6) is 1.20. The van der Waals surface area contributed by atoms with Crippen LogP contribution < -0.4 is 15.4 Å². The van der Waals surface area contributed by atoms with E-state index in [1.807, 2.05) is 28.8 Å². The molecule has 1 amide bonds. The van der Waals surface area contributed by atoms with Gasteiger partial charge < -0.3 is 19.9 Å². The smallest absolute Gasteiger partial charge is 0.226 e. The first-order chi connectivity index (χ1) is 17.6. The van der Waals surface area contributed by atoms with Crippen molar-refractivity contribution in [2.75, 3.05) is 13.7 Å². The van der Waals surface area contributed by atoms with Gasteiger partial charge in [-0.25, -0.2) is 4.98 Å². The lowest BCUT2D eigenvalue weighted by Gasteiger charge is -2.25. The molecule has 4 rings (SSSR count). The summed E-state index contributed by atoms with van der Waals surface area (Å²) in [6, 6.07) is 22.8. The molecule has 0 aliphatic carbocycles. The summed E-state index contributed by atoms with van der Waals surface area (Å²) in [5, 5.41) is 9.37.